The minimum atomic E-state index is -3.23. The average Bonchev–Trinajstić information content (AvgIpc) is 3.17. The van der Waals surface area contributed by atoms with Crippen molar-refractivity contribution in [1.82, 2.24) is 4.31 Å². The Kier molecular flexibility index (Phi) is 4.68. The second-order valence-electron chi connectivity index (χ2n) is 5.70. The zero-order chi connectivity index (χ0) is 15.6. The van der Waals surface area contributed by atoms with Crippen LogP contribution in [0.25, 0.3) is 0 Å². The molecule has 1 fully saturated rings. The summed E-state index contributed by atoms with van der Waals surface area (Å²) in [6.45, 7) is 4.25. The van der Waals surface area contributed by atoms with E-state index in [0.29, 0.717) is 0 Å². The van der Waals surface area contributed by atoms with Gasteiger partial charge >= 0.3 is 0 Å². The molecule has 1 aromatic carbocycles. The molecule has 1 aromatic rings. The zero-order valence-electron chi connectivity index (χ0n) is 12.7. The van der Waals surface area contributed by atoms with Crippen LogP contribution in [0, 0.1) is 13.8 Å². The molecule has 1 aliphatic rings. The summed E-state index contributed by atoms with van der Waals surface area (Å²) in [6, 6.07) is 5.82. The lowest BCUT2D eigenvalue weighted by atomic mass is 10.1. The van der Waals surface area contributed by atoms with Crippen molar-refractivity contribution in [2.24, 2.45) is 0 Å². The first-order valence-corrected chi connectivity index (χ1v) is 8.96. The summed E-state index contributed by atoms with van der Waals surface area (Å²) in [7, 11) is -3.23. The maximum Gasteiger partial charge on any atom is 0.225 e. The van der Waals surface area contributed by atoms with E-state index in [1.807, 2.05) is 32.0 Å². The predicted molar refractivity (Wildman–Crippen MR) is 83.7 cm³/mol. The van der Waals surface area contributed by atoms with Crippen molar-refractivity contribution < 1.29 is 13.2 Å². The second kappa shape index (κ2) is 6.15. The number of nitrogens with one attached hydrogen (secondary N) is 1. The van der Waals surface area contributed by atoms with E-state index >= 15 is 0 Å². The van der Waals surface area contributed by atoms with Crippen LogP contribution in [-0.4, -0.2) is 37.5 Å². The molecule has 5 nitrogen and oxygen atoms in total. The zero-order valence-corrected chi connectivity index (χ0v) is 13.5. The maximum absolute atomic E-state index is 12.0. The van der Waals surface area contributed by atoms with Gasteiger partial charge in [-0.3, -0.25) is 4.79 Å². The van der Waals surface area contributed by atoms with Gasteiger partial charge in [0.1, 0.15) is 0 Å². The van der Waals surface area contributed by atoms with Crippen molar-refractivity contribution in [1.29, 1.82) is 0 Å². The lowest BCUT2D eigenvalue weighted by Gasteiger charge is -2.19. The molecule has 21 heavy (non-hydrogen) atoms. The number of carbonyl (C=O) groups is 1. The van der Waals surface area contributed by atoms with Crippen LogP contribution in [0.4, 0.5) is 5.69 Å². The number of hydrogen-bond acceptors (Lipinski definition) is 3. The molecule has 1 N–H and O–H groups in total. The highest BCUT2D eigenvalue weighted by molar-refractivity contribution is 7.88. The number of rotatable bonds is 6. The SMILES string of the molecule is Cc1ccc(NC(=O)CCN(C2CC2)S(C)(=O)=O)cc1C. The molecule has 6 heteroatoms. The molecule has 0 unspecified atom stereocenters. The molecule has 0 aromatic heterocycles. The van der Waals surface area contributed by atoms with Gasteiger partial charge in [-0.25, -0.2) is 8.42 Å². The summed E-state index contributed by atoms with van der Waals surface area (Å²) in [4.78, 5) is 12.0. The molecular weight excluding hydrogens is 288 g/mol. The molecule has 1 saturated carbocycles. The number of carbonyl (C=O) groups excluding carboxylic acids is 1. The van der Waals surface area contributed by atoms with E-state index in [-0.39, 0.29) is 24.9 Å². The van der Waals surface area contributed by atoms with Crippen LogP contribution in [0.15, 0.2) is 18.2 Å². The Hall–Kier alpha value is -1.40. The quantitative estimate of drug-likeness (QED) is 0.874. The van der Waals surface area contributed by atoms with Crippen molar-refractivity contribution in [2.75, 3.05) is 18.1 Å². The predicted octanol–water partition coefficient (Wildman–Crippen LogP) is 2.06. The first kappa shape index (κ1) is 16.0. The van der Waals surface area contributed by atoms with Gasteiger partial charge in [-0.05, 0) is 49.9 Å². The third kappa shape index (κ3) is 4.54. The molecule has 0 aliphatic heterocycles. The summed E-state index contributed by atoms with van der Waals surface area (Å²) < 4.78 is 24.8. The van der Waals surface area contributed by atoms with Crippen LogP contribution < -0.4 is 5.32 Å². The Bertz CT molecular complexity index is 636. The molecule has 1 aliphatic carbocycles. The molecule has 1 amide bonds. The summed E-state index contributed by atoms with van der Waals surface area (Å²) in [6.07, 6.45) is 3.17. The van der Waals surface area contributed by atoms with Gasteiger partial charge in [-0.2, -0.15) is 4.31 Å². The minimum absolute atomic E-state index is 0.0921. The minimum Gasteiger partial charge on any atom is -0.326 e. The highest BCUT2D eigenvalue weighted by Crippen LogP contribution is 2.28. The number of anilines is 1. The molecule has 0 spiro atoms. The Morgan fingerprint density at radius 3 is 2.48 bits per heavy atom. The Labute approximate surface area is 126 Å². The summed E-state index contributed by atoms with van der Waals surface area (Å²) >= 11 is 0. The van der Waals surface area contributed by atoms with Crippen LogP contribution in [0.3, 0.4) is 0 Å². The van der Waals surface area contributed by atoms with Crippen molar-refractivity contribution in [3.05, 3.63) is 29.3 Å². The fourth-order valence-corrected chi connectivity index (χ4v) is 3.41. The van der Waals surface area contributed by atoms with Crippen molar-refractivity contribution in [3.8, 4) is 0 Å². The first-order chi connectivity index (χ1) is 9.77. The molecular formula is C15H22N2O3S. The first-order valence-electron chi connectivity index (χ1n) is 7.11. The van der Waals surface area contributed by atoms with Crippen LogP contribution in [0.2, 0.25) is 0 Å². The van der Waals surface area contributed by atoms with E-state index < -0.39 is 10.0 Å². The third-order valence-corrected chi connectivity index (χ3v) is 5.06. The smallest absolute Gasteiger partial charge is 0.225 e. The standard InChI is InChI=1S/C15H22N2O3S/c1-11-4-5-13(10-12(11)2)16-15(18)8-9-17(14-6-7-14)21(3,19)20/h4-5,10,14H,6-9H2,1-3H3,(H,16,18). The van der Waals surface area contributed by atoms with E-state index in [9.17, 15) is 13.2 Å². The number of benzene rings is 1. The van der Waals surface area contributed by atoms with Gasteiger partial charge in [0, 0.05) is 24.7 Å². The average molecular weight is 310 g/mol. The van der Waals surface area contributed by atoms with E-state index in [2.05, 4.69) is 5.32 Å². The fraction of sp³-hybridized carbons (Fsp3) is 0.533. The van der Waals surface area contributed by atoms with E-state index in [1.165, 1.54) is 16.1 Å². The summed E-state index contributed by atoms with van der Waals surface area (Å²) in [5.41, 5.74) is 3.04. The van der Waals surface area contributed by atoms with Gasteiger partial charge in [0.05, 0.1) is 6.26 Å². The topological polar surface area (TPSA) is 66.5 Å². The number of nitrogens with zero attached hydrogens (tertiary/aromatic N) is 1. The summed E-state index contributed by atoms with van der Waals surface area (Å²) in [5.74, 6) is -0.160. The Morgan fingerprint density at radius 1 is 1.29 bits per heavy atom. The van der Waals surface area contributed by atoms with Gasteiger partial charge in [-0.15, -0.1) is 0 Å². The lowest BCUT2D eigenvalue weighted by molar-refractivity contribution is -0.116. The van der Waals surface area contributed by atoms with Gasteiger partial charge in [0.25, 0.3) is 0 Å². The molecule has 0 saturated heterocycles. The molecule has 0 heterocycles. The van der Waals surface area contributed by atoms with Crippen LogP contribution in [-0.2, 0) is 14.8 Å². The number of hydrogen-bond donors (Lipinski definition) is 1. The maximum atomic E-state index is 12.0. The lowest BCUT2D eigenvalue weighted by Crippen LogP contribution is -2.34. The highest BCUT2D eigenvalue weighted by atomic mass is 32.2. The molecule has 0 bridgehead atoms. The van der Waals surface area contributed by atoms with Gasteiger partial charge < -0.3 is 5.32 Å². The van der Waals surface area contributed by atoms with Crippen LogP contribution >= 0.6 is 0 Å². The number of sulfonamides is 1. The van der Waals surface area contributed by atoms with Crippen LogP contribution in [0.5, 0.6) is 0 Å². The van der Waals surface area contributed by atoms with Crippen molar-refractivity contribution >= 4 is 21.6 Å². The second-order valence-corrected chi connectivity index (χ2v) is 7.64. The largest absolute Gasteiger partial charge is 0.326 e. The molecule has 116 valence electrons. The van der Waals surface area contributed by atoms with Gasteiger partial charge in [0.2, 0.25) is 15.9 Å². The van der Waals surface area contributed by atoms with Gasteiger partial charge in [-0.1, -0.05) is 6.07 Å². The van der Waals surface area contributed by atoms with Crippen molar-refractivity contribution in [3.63, 3.8) is 0 Å². The van der Waals surface area contributed by atoms with Crippen molar-refractivity contribution in [2.45, 2.75) is 39.2 Å². The number of amides is 1. The monoisotopic (exact) mass is 310 g/mol. The summed E-state index contributed by atoms with van der Waals surface area (Å²) in [5, 5.41) is 2.82. The number of aryl methyl sites for hydroxylation is 2. The van der Waals surface area contributed by atoms with E-state index in [4.69, 9.17) is 0 Å². The molecule has 0 atom stereocenters. The van der Waals surface area contributed by atoms with E-state index in [0.717, 1.165) is 24.1 Å². The van der Waals surface area contributed by atoms with Crippen LogP contribution in [0.1, 0.15) is 30.4 Å². The Morgan fingerprint density at radius 2 is 1.95 bits per heavy atom. The highest BCUT2D eigenvalue weighted by Gasteiger charge is 2.34. The molecule has 2 rings (SSSR count). The van der Waals surface area contributed by atoms with E-state index in [1.54, 1.807) is 0 Å². The normalized spacial score (nSPS) is 15.2. The molecule has 0 radical (unpaired) electrons. The Balaban J connectivity index is 1.91. The van der Waals surface area contributed by atoms with Gasteiger partial charge in [0.15, 0.2) is 0 Å². The fourth-order valence-electron chi connectivity index (χ4n) is 2.24. The third-order valence-electron chi connectivity index (χ3n) is 3.73.